The van der Waals surface area contributed by atoms with Gasteiger partial charge in [-0.05, 0) is 12.8 Å². The SMILES string of the molecule is CO/N=C(/C(=O)C[C@@H]1C(=O)N2C(C(=O)O)=C(Sc3nncs3)CC[C@H]12)c1nsc(N)n1. The van der Waals surface area contributed by atoms with Crippen molar-refractivity contribution >= 4 is 63.1 Å². The smallest absolute Gasteiger partial charge is 0.353 e. The maximum atomic E-state index is 12.8. The van der Waals surface area contributed by atoms with E-state index in [0.29, 0.717) is 22.1 Å². The second kappa shape index (κ2) is 8.68. The van der Waals surface area contributed by atoms with Crippen LogP contribution < -0.4 is 5.73 Å². The molecule has 4 heterocycles. The van der Waals surface area contributed by atoms with Crippen LogP contribution in [0, 0.1) is 5.92 Å². The number of carbonyl (C=O) groups excluding carboxylic acids is 2. The third kappa shape index (κ3) is 4.03. The van der Waals surface area contributed by atoms with Crippen molar-refractivity contribution in [1.29, 1.82) is 0 Å². The first-order valence-electron chi connectivity index (χ1n) is 8.88. The first-order valence-corrected chi connectivity index (χ1v) is 11.3. The summed E-state index contributed by atoms with van der Waals surface area (Å²) in [6, 6.07) is -0.390. The summed E-state index contributed by atoms with van der Waals surface area (Å²) in [6.45, 7) is 0. The molecule has 31 heavy (non-hydrogen) atoms. The summed E-state index contributed by atoms with van der Waals surface area (Å²) < 4.78 is 4.57. The van der Waals surface area contributed by atoms with E-state index < -0.39 is 29.6 Å². The van der Waals surface area contributed by atoms with Crippen molar-refractivity contribution in [3.05, 3.63) is 21.9 Å². The van der Waals surface area contributed by atoms with Gasteiger partial charge in [0.1, 0.15) is 18.3 Å². The lowest BCUT2D eigenvalue weighted by molar-refractivity contribution is -0.159. The lowest BCUT2D eigenvalue weighted by Crippen LogP contribution is -2.63. The monoisotopic (exact) mass is 481 g/mol. The Morgan fingerprint density at radius 3 is 2.90 bits per heavy atom. The van der Waals surface area contributed by atoms with Crippen molar-refractivity contribution in [2.45, 2.75) is 29.6 Å². The highest BCUT2D eigenvalue weighted by molar-refractivity contribution is 8.04. The topological polar surface area (TPSA) is 174 Å². The van der Waals surface area contributed by atoms with Crippen LogP contribution in [-0.4, -0.2) is 66.1 Å². The number of nitrogens with zero attached hydrogens (tertiary/aromatic N) is 6. The van der Waals surface area contributed by atoms with Crippen molar-refractivity contribution in [3.8, 4) is 0 Å². The van der Waals surface area contributed by atoms with E-state index in [1.807, 2.05) is 0 Å². The summed E-state index contributed by atoms with van der Waals surface area (Å²) in [5, 5.41) is 21.3. The predicted molar refractivity (Wildman–Crippen MR) is 111 cm³/mol. The third-order valence-electron chi connectivity index (χ3n) is 4.78. The molecule has 1 fully saturated rings. The molecule has 2 aliphatic rings. The van der Waals surface area contributed by atoms with E-state index in [-0.39, 0.29) is 28.8 Å². The van der Waals surface area contributed by atoms with Gasteiger partial charge in [-0.3, -0.25) is 9.59 Å². The van der Waals surface area contributed by atoms with Crippen LogP contribution in [0.3, 0.4) is 0 Å². The minimum atomic E-state index is -1.20. The standard InChI is InChI=1S/C16H15N7O5S3/c1-28-21-10(12-19-15(17)31-22-12)8(24)4-6-7-2-3-9(30-16-20-18-5-29-16)11(14(26)27)23(7)13(6)25/h5-7H,2-4H2,1H3,(H,26,27)(H2,17,19,22)/b21-10-/t6-,7+/m0/s1. The van der Waals surface area contributed by atoms with Gasteiger partial charge in [0, 0.05) is 28.9 Å². The molecule has 0 unspecified atom stereocenters. The minimum Gasteiger partial charge on any atom is -0.477 e. The number of ketones is 1. The maximum absolute atomic E-state index is 12.8. The Kier molecular flexibility index (Phi) is 5.97. The van der Waals surface area contributed by atoms with E-state index in [1.54, 1.807) is 5.51 Å². The zero-order chi connectivity index (χ0) is 22.1. The number of carbonyl (C=O) groups is 3. The predicted octanol–water partition coefficient (Wildman–Crippen LogP) is 0.991. The molecule has 2 aromatic rings. The molecule has 0 radical (unpaired) electrons. The zero-order valence-electron chi connectivity index (χ0n) is 15.9. The first-order chi connectivity index (χ1) is 14.9. The molecule has 2 aliphatic heterocycles. The number of thioether (sulfide) groups is 1. The number of Topliss-reactive ketones (excluding diaryl/α,β-unsaturated/α-hetero) is 1. The molecule has 15 heteroatoms. The van der Waals surface area contributed by atoms with Crippen molar-refractivity contribution < 1.29 is 24.3 Å². The number of aliphatic carboxylic acids is 1. The summed E-state index contributed by atoms with van der Waals surface area (Å²) in [4.78, 5) is 48.0. The number of hydrogen-bond donors (Lipinski definition) is 2. The summed E-state index contributed by atoms with van der Waals surface area (Å²) in [5.41, 5.74) is 6.93. The number of anilines is 1. The molecule has 0 bridgehead atoms. The van der Waals surface area contributed by atoms with E-state index in [0.717, 1.165) is 11.5 Å². The van der Waals surface area contributed by atoms with Gasteiger partial charge in [0.2, 0.25) is 11.7 Å². The Bertz CT molecular complexity index is 1100. The zero-order valence-corrected chi connectivity index (χ0v) is 18.4. The maximum Gasteiger partial charge on any atom is 0.353 e. The lowest BCUT2D eigenvalue weighted by Gasteiger charge is -2.50. The minimum absolute atomic E-state index is 0.0310. The number of rotatable bonds is 8. The summed E-state index contributed by atoms with van der Waals surface area (Å²) in [6.07, 6.45) is 0.821. The van der Waals surface area contributed by atoms with Crippen LogP contribution in [0.5, 0.6) is 0 Å². The second-order valence-electron chi connectivity index (χ2n) is 6.51. The number of amides is 1. The molecule has 0 saturated carbocycles. The van der Waals surface area contributed by atoms with Gasteiger partial charge < -0.3 is 20.6 Å². The average Bonchev–Trinajstić information content (AvgIpc) is 3.41. The third-order valence-corrected chi connectivity index (χ3v) is 7.25. The summed E-state index contributed by atoms with van der Waals surface area (Å²) >= 11 is 3.39. The van der Waals surface area contributed by atoms with Gasteiger partial charge in [-0.2, -0.15) is 9.36 Å². The molecule has 0 aliphatic carbocycles. The van der Waals surface area contributed by atoms with E-state index in [1.165, 1.54) is 35.1 Å². The van der Waals surface area contributed by atoms with Crippen LogP contribution in [0.25, 0.3) is 0 Å². The van der Waals surface area contributed by atoms with Crippen molar-refractivity contribution in [1.82, 2.24) is 24.5 Å². The van der Waals surface area contributed by atoms with E-state index in [9.17, 15) is 19.5 Å². The quantitative estimate of drug-likeness (QED) is 0.312. The van der Waals surface area contributed by atoms with E-state index in [2.05, 4.69) is 24.7 Å². The molecule has 1 saturated heterocycles. The highest BCUT2D eigenvalue weighted by Crippen LogP contribution is 2.46. The van der Waals surface area contributed by atoms with Gasteiger partial charge in [0.05, 0.1) is 5.92 Å². The van der Waals surface area contributed by atoms with Gasteiger partial charge in [-0.15, -0.1) is 10.2 Å². The average molecular weight is 482 g/mol. The Morgan fingerprint density at radius 1 is 1.48 bits per heavy atom. The molecule has 1 amide bonds. The molecule has 2 atom stereocenters. The Labute approximate surface area is 187 Å². The van der Waals surface area contributed by atoms with Crippen LogP contribution in [0.1, 0.15) is 25.1 Å². The van der Waals surface area contributed by atoms with Gasteiger partial charge in [0.15, 0.2) is 21.0 Å². The normalized spacial score (nSPS) is 21.0. The Morgan fingerprint density at radius 2 is 2.29 bits per heavy atom. The van der Waals surface area contributed by atoms with Gasteiger partial charge in [0.25, 0.3) is 0 Å². The molecule has 3 N–H and O–H groups in total. The van der Waals surface area contributed by atoms with E-state index >= 15 is 0 Å². The molecule has 12 nitrogen and oxygen atoms in total. The fourth-order valence-corrected chi connectivity index (χ4v) is 5.67. The highest BCUT2D eigenvalue weighted by Gasteiger charge is 2.53. The molecule has 2 aromatic heterocycles. The number of fused-ring (bicyclic) bond motifs is 1. The number of nitrogens with two attached hydrogens (primary N) is 1. The van der Waals surface area contributed by atoms with Gasteiger partial charge in [-0.25, -0.2) is 4.79 Å². The molecule has 0 spiro atoms. The number of oxime groups is 1. The lowest BCUT2D eigenvalue weighted by atomic mass is 9.77. The Hall–Kier alpha value is -2.91. The summed E-state index contributed by atoms with van der Waals surface area (Å²) in [7, 11) is 1.28. The molecule has 4 rings (SSSR count). The number of carboxylic acid groups (broad SMARTS) is 1. The molecule has 0 aromatic carbocycles. The van der Waals surface area contributed by atoms with Gasteiger partial charge >= 0.3 is 5.97 Å². The number of β-lactam (4-membered cyclic amide) rings is 1. The molecular formula is C16H15N7O5S3. The van der Waals surface area contributed by atoms with Crippen LogP contribution in [0.4, 0.5) is 5.13 Å². The fourth-order valence-electron chi connectivity index (χ4n) is 3.54. The first kappa shape index (κ1) is 21.3. The number of hydrogen-bond acceptors (Lipinski definition) is 13. The van der Waals surface area contributed by atoms with E-state index in [4.69, 9.17) is 10.6 Å². The van der Waals surface area contributed by atoms with Crippen LogP contribution in [0.2, 0.25) is 0 Å². The largest absolute Gasteiger partial charge is 0.477 e. The number of allylic oxidation sites excluding steroid dienone is 1. The Balaban J connectivity index is 1.53. The van der Waals surface area contributed by atoms with Crippen LogP contribution in [0.15, 0.2) is 25.6 Å². The molecule has 162 valence electrons. The number of aromatic nitrogens is 4. The van der Waals surface area contributed by atoms with Crippen molar-refractivity contribution in [3.63, 3.8) is 0 Å². The van der Waals surface area contributed by atoms with Crippen LogP contribution >= 0.6 is 34.6 Å². The highest BCUT2D eigenvalue weighted by atomic mass is 32.2. The number of carboxylic acids is 1. The van der Waals surface area contributed by atoms with Crippen molar-refractivity contribution in [2.75, 3.05) is 12.8 Å². The van der Waals surface area contributed by atoms with Crippen molar-refractivity contribution in [2.24, 2.45) is 11.1 Å². The molecular weight excluding hydrogens is 466 g/mol. The fraction of sp³-hybridized carbons (Fsp3) is 0.375. The van der Waals surface area contributed by atoms with Gasteiger partial charge in [-0.1, -0.05) is 28.3 Å². The van der Waals surface area contributed by atoms with Crippen LogP contribution in [-0.2, 0) is 19.2 Å². The second-order valence-corrected chi connectivity index (χ2v) is 9.47. The summed E-state index contributed by atoms with van der Waals surface area (Å²) in [5.74, 6) is -2.73. The number of nitrogen functional groups attached to an aromatic ring is 1.